The van der Waals surface area contributed by atoms with Crippen LogP contribution in [0.15, 0.2) is 24.3 Å². The van der Waals surface area contributed by atoms with Crippen molar-refractivity contribution in [1.82, 2.24) is 9.97 Å². The van der Waals surface area contributed by atoms with Gasteiger partial charge in [0, 0.05) is 21.2 Å². The second-order valence-electron chi connectivity index (χ2n) is 4.38. The Balaban J connectivity index is 2.33. The molecule has 5 heteroatoms. The Bertz CT molecular complexity index is 584. The van der Waals surface area contributed by atoms with Gasteiger partial charge in [-0.15, -0.1) is 0 Å². The molecule has 1 aromatic heterocycles. The molecule has 0 unspecified atom stereocenters. The first-order chi connectivity index (χ1) is 9.10. The quantitative estimate of drug-likeness (QED) is 0.809. The molecular formula is C14H17IN4. The van der Waals surface area contributed by atoms with Crippen molar-refractivity contribution < 1.29 is 0 Å². The lowest BCUT2D eigenvalue weighted by molar-refractivity contribution is 0.836. The van der Waals surface area contributed by atoms with Crippen LogP contribution in [0.3, 0.4) is 0 Å². The number of nitrogens with two attached hydrogens (primary N) is 1. The van der Waals surface area contributed by atoms with Crippen LogP contribution in [0.4, 0.5) is 17.3 Å². The van der Waals surface area contributed by atoms with Gasteiger partial charge < -0.3 is 11.1 Å². The van der Waals surface area contributed by atoms with Crippen molar-refractivity contribution in [2.45, 2.75) is 26.7 Å². The van der Waals surface area contributed by atoms with E-state index in [2.05, 4.69) is 56.9 Å². The van der Waals surface area contributed by atoms with E-state index >= 15 is 0 Å². The van der Waals surface area contributed by atoms with Crippen molar-refractivity contribution in [2.75, 3.05) is 11.1 Å². The first-order valence-electron chi connectivity index (χ1n) is 6.25. The van der Waals surface area contributed by atoms with Crippen LogP contribution in [0.1, 0.15) is 24.7 Å². The highest BCUT2D eigenvalue weighted by molar-refractivity contribution is 14.1. The molecule has 0 aliphatic carbocycles. The Morgan fingerprint density at radius 3 is 2.79 bits per heavy atom. The van der Waals surface area contributed by atoms with Crippen LogP contribution < -0.4 is 11.1 Å². The van der Waals surface area contributed by atoms with Crippen LogP contribution in [0.2, 0.25) is 0 Å². The Morgan fingerprint density at radius 2 is 2.11 bits per heavy atom. The molecule has 2 aromatic rings. The van der Waals surface area contributed by atoms with Crippen LogP contribution in [0.5, 0.6) is 0 Å². The number of aromatic nitrogens is 2. The van der Waals surface area contributed by atoms with Gasteiger partial charge in [0.2, 0.25) is 0 Å². The highest BCUT2D eigenvalue weighted by Crippen LogP contribution is 2.23. The summed E-state index contributed by atoms with van der Waals surface area (Å²) in [6, 6.07) is 8.14. The zero-order valence-corrected chi connectivity index (χ0v) is 13.2. The van der Waals surface area contributed by atoms with Gasteiger partial charge in [0.15, 0.2) is 0 Å². The van der Waals surface area contributed by atoms with Crippen molar-refractivity contribution in [3.05, 3.63) is 39.2 Å². The molecule has 0 spiro atoms. The van der Waals surface area contributed by atoms with Gasteiger partial charge in [-0.25, -0.2) is 9.97 Å². The molecule has 0 fully saturated rings. The highest BCUT2D eigenvalue weighted by Gasteiger charge is 2.08. The second kappa shape index (κ2) is 6.18. The molecule has 0 amide bonds. The van der Waals surface area contributed by atoms with Crippen LogP contribution in [0, 0.1) is 10.5 Å². The molecule has 0 aliphatic rings. The molecular weight excluding hydrogens is 351 g/mol. The summed E-state index contributed by atoms with van der Waals surface area (Å²) in [6.07, 6.45) is 1.84. The summed E-state index contributed by atoms with van der Waals surface area (Å²) < 4.78 is 1.18. The minimum atomic E-state index is 0.548. The fraction of sp³-hybridized carbons (Fsp3) is 0.286. The average molecular weight is 368 g/mol. The maximum atomic E-state index is 5.94. The molecule has 0 saturated heterocycles. The van der Waals surface area contributed by atoms with Gasteiger partial charge in [0.1, 0.15) is 17.5 Å². The predicted octanol–water partition coefficient (Wildman–Crippen LogP) is 3.67. The Hall–Kier alpha value is -1.37. The average Bonchev–Trinajstić information content (AvgIpc) is 2.36. The third kappa shape index (κ3) is 3.56. The first kappa shape index (κ1) is 14.0. The number of hydrogen-bond acceptors (Lipinski definition) is 4. The van der Waals surface area contributed by atoms with Crippen molar-refractivity contribution in [1.29, 1.82) is 0 Å². The van der Waals surface area contributed by atoms with Gasteiger partial charge in [-0.1, -0.05) is 13.0 Å². The van der Waals surface area contributed by atoms with Crippen molar-refractivity contribution >= 4 is 39.9 Å². The molecule has 1 heterocycles. The molecule has 0 atom stereocenters. The maximum Gasteiger partial charge on any atom is 0.139 e. The molecule has 0 bridgehead atoms. The fourth-order valence-corrected chi connectivity index (χ4v) is 2.29. The number of hydrogen-bond donors (Lipinski definition) is 2. The smallest absolute Gasteiger partial charge is 0.139 e. The molecule has 0 saturated carbocycles. The summed E-state index contributed by atoms with van der Waals surface area (Å²) >= 11 is 2.29. The molecule has 100 valence electrons. The molecule has 0 aliphatic heterocycles. The zero-order chi connectivity index (χ0) is 13.8. The zero-order valence-electron chi connectivity index (χ0n) is 11.1. The van der Waals surface area contributed by atoms with Crippen molar-refractivity contribution in [3.8, 4) is 0 Å². The highest BCUT2D eigenvalue weighted by atomic mass is 127. The Kier molecular flexibility index (Phi) is 4.57. The van der Waals surface area contributed by atoms with E-state index in [-0.39, 0.29) is 0 Å². The summed E-state index contributed by atoms with van der Waals surface area (Å²) in [6.45, 7) is 4.04. The third-order valence-corrected chi connectivity index (χ3v) is 3.46. The number of nitrogens with one attached hydrogen (secondary N) is 1. The van der Waals surface area contributed by atoms with Gasteiger partial charge in [-0.05, 0) is 54.1 Å². The van der Waals surface area contributed by atoms with E-state index in [9.17, 15) is 0 Å². The van der Waals surface area contributed by atoms with Gasteiger partial charge in [-0.3, -0.25) is 0 Å². The number of nitrogens with zero attached hydrogens (tertiary/aromatic N) is 2. The third-order valence-electron chi connectivity index (χ3n) is 2.79. The van der Waals surface area contributed by atoms with E-state index in [1.165, 1.54) is 3.57 Å². The van der Waals surface area contributed by atoms with Crippen LogP contribution in [-0.2, 0) is 6.42 Å². The molecule has 3 N–H and O–H groups in total. The monoisotopic (exact) mass is 368 g/mol. The number of benzene rings is 1. The van der Waals surface area contributed by atoms with Crippen LogP contribution in [-0.4, -0.2) is 9.97 Å². The van der Waals surface area contributed by atoms with Crippen molar-refractivity contribution in [3.63, 3.8) is 0 Å². The van der Waals surface area contributed by atoms with E-state index in [0.29, 0.717) is 5.82 Å². The number of aryl methyl sites for hydroxylation is 1. The minimum absolute atomic E-state index is 0.548. The van der Waals surface area contributed by atoms with E-state index in [1.54, 1.807) is 0 Å². The maximum absolute atomic E-state index is 5.94. The Morgan fingerprint density at radius 1 is 1.32 bits per heavy atom. The van der Waals surface area contributed by atoms with Crippen LogP contribution in [0.25, 0.3) is 0 Å². The molecule has 0 radical (unpaired) electrons. The second-order valence-corrected chi connectivity index (χ2v) is 5.63. The van der Waals surface area contributed by atoms with E-state index in [0.717, 1.165) is 35.7 Å². The van der Waals surface area contributed by atoms with E-state index < -0.39 is 0 Å². The largest absolute Gasteiger partial charge is 0.383 e. The lowest BCUT2D eigenvalue weighted by atomic mass is 10.2. The van der Waals surface area contributed by atoms with E-state index in [1.807, 2.05) is 19.1 Å². The summed E-state index contributed by atoms with van der Waals surface area (Å²) in [5.41, 5.74) is 7.84. The summed E-state index contributed by atoms with van der Waals surface area (Å²) in [7, 11) is 0. The lowest BCUT2D eigenvalue weighted by Gasteiger charge is -2.12. The van der Waals surface area contributed by atoms with E-state index in [4.69, 9.17) is 5.73 Å². The van der Waals surface area contributed by atoms with Gasteiger partial charge in [0.05, 0.1) is 0 Å². The minimum Gasteiger partial charge on any atom is -0.383 e. The predicted molar refractivity (Wildman–Crippen MR) is 87.6 cm³/mol. The van der Waals surface area contributed by atoms with Gasteiger partial charge in [-0.2, -0.15) is 0 Å². The fourth-order valence-electron chi connectivity index (χ4n) is 1.74. The SMILES string of the molecule is CCCc1nc(N)c(C)c(Nc2cccc(I)c2)n1. The summed E-state index contributed by atoms with van der Waals surface area (Å²) in [4.78, 5) is 8.85. The van der Waals surface area contributed by atoms with Gasteiger partial charge in [0.25, 0.3) is 0 Å². The number of rotatable bonds is 4. The Labute approximate surface area is 127 Å². The topological polar surface area (TPSA) is 63.8 Å². The molecule has 4 nitrogen and oxygen atoms in total. The van der Waals surface area contributed by atoms with Gasteiger partial charge >= 0.3 is 0 Å². The van der Waals surface area contributed by atoms with Crippen molar-refractivity contribution in [2.24, 2.45) is 0 Å². The molecule has 1 aromatic carbocycles. The number of anilines is 3. The number of halogens is 1. The van der Waals surface area contributed by atoms with Crippen LogP contribution >= 0.6 is 22.6 Å². The lowest BCUT2D eigenvalue weighted by Crippen LogP contribution is -2.07. The first-order valence-corrected chi connectivity index (χ1v) is 7.33. The summed E-state index contributed by atoms with van der Waals surface area (Å²) in [5.74, 6) is 2.13. The normalized spacial score (nSPS) is 10.5. The molecule has 19 heavy (non-hydrogen) atoms. The number of nitrogen functional groups attached to an aromatic ring is 1. The summed E-state index contributed by atoms with van der Waals surface area (Å²) in [5, 5.41) is 3.32. The molecule has 2 rings (SSSR count). The standard InChI is InChI=1S/C14H17IN4/c1-3-5-12-18-13(16)9(2)14(19-12)17-11-7-4-6-10(15)8-11/h4,6-8H,3,5H2,1-2H3,(H3,16,17,18,19).